The van der Waals surface area contributed by atoms with Gasteiger partial charge in [0.2, 0.25) is 5.91 Å². The van der Waals surface area contributed by atoms with Crippen molar-refractivity contribution in [2.45, 2.75) is 26.4 Å². The maximum absolute atomic E-state index is 13.2. The van der Waals surface area contributed by atoms with E-state index in [1.165, 1.54) is 0 Å². The number of fused-ring (bicyclic) bond motifs is 1. The van der Waals surface area contributed by atoms with Gasteiger partial charge in [-0.1, -0.05) is 36.4 Å². The van der Waals surface area contributed by atoms with Gasteiger partial charge in [-0.05, 0) is 37.6 Å². The molecular weight excluding hydrogens is 390 g/mol. The average Bonchev–Trinajstić information content (AvgIpc) is 3.13. The van der Waals surface area contributed by atoms with Gasteiger partial charge in [0, 0.05) is 23.5 Å². The Morgan fingerprint density at radius 3 is 2.65 bits per heavy atom. The summed E-state index contributed by atoms with van der Waals surface area (Å²) >= 11 is 0. The first-order valence-corrected chi connectivity index (χ1v) is 9.93. The number of hydrogen-bond donors (Lipinski definition) is 1. The third-order valence-corrected chi connectivity index (χ3v) is 5.03. The third kappa shape index (κ3) is 3.96. The summed E-state index contributed by atoms with van der Waals surface area (Å²) in [6.45, 7) is 3.77. The van der Waals surface area contributed by atoms with Crippen molar-refractivity contribution in [2.24, 2.45) is 0 Å². The number of anilines is 1. The number of hydrogen-bond acceptors (Lipinski definition) is 4. The molecule has 0 aliphatic rings. The van der Waals surface area contributed by atoms with E-state index in [2.05, 4.69) is 16.4 Å². The SMILES string of the molecule is CC(C)n1cnc2c(-c3ccccc3)cn(CC(=O)Nc3cccc(C#N)c3)c2c1=O. The quantitative estimate of drug-likeness (QED) is 0.538. The van der Waals surface area contributed by atoms with Crippen molar-refractivity contribution in [1.82, 2.24) is 14.1 Å². The van der Waals surface area contributed by atoms with E-state index in [-0.39, 0.29) is 24.1 Å². The van der Waals surface area contributed by atoms with Gasteiger partial charge in [0.25, 0.3) is 5.56 Å². The lowest BCUT2D eigenvalue weighted by Gasteiger charge is -2.11. The minimum Gasteiger partial charge on any atom is -0.332 e. The Bertz CT molecular complexity index is 1360. The first-order chi connectivity index (χ1) is 15.0. The van der Waals surface area contributed by atoms with Crippen molar-refractivity contribution in [3.8, 4) is 17.2 Å². The molecule has 154 valence electrons. The second kappa shape index (κ2) is 8.28. The highest BCUT2D eigenvalue weighted by Crippen LogP contribution is 2.28. The van der Waals surface area contributed by atoms with Gasteiger partial charge in [0.15, 0.2) is 0 Å². The minimum absolute atomic E-state index is 0.0564. The number of nitrogens with one attached hydrogen (secondary N) is 1. The molecule has 31 heavy (non-hydrogen) atoms. The minimum atomic E-state index is -0.300. The van der Waals surface area contributed by atoms with Crippen molar-refractivity contribution in [1.29, 1.82) is 5.26 Å². The first kappa shape index (κ1) is 20.1. The van der Waals surface area contributed by atoms with Gasteiger partial charge >= 0.3 is 0 Å². The summed E-state index contributed by atoms with van der Waals surface area (Å²) in [7, 11) is 0. The molecular formula is C24H21N5O2. The smallest absolute Gasteiger partial charge is 0.278 e. The summed E-state index contributed by atoms with van der Waals surface area (Å²) in [6.07, 6.45) is 3.35. The molecule has 4 rings (SSSR count). The fraction of sp³-hybridized carbons (Fsp3) is 0.167. The van der Waals surface area contributed by atoms with Crippen LogP contribution in [0.2, 0.25) is 0 Å². The van der Waals surface area contributed by atoms with Crippen LogP contribution in [0.1, 0.15) is 25.5 Å². The van der Waals surface area contributed by atoms with E-state index in [9.17, 15) is 9.59 Å². The normalized spacial score (nSPS) is 10.9. The van der Waals surface area contributed by atoms with Gasteiger partial charge < -0.3 is 9.88 Å². The Morgan fingerprint density at radius 2 is 1.94 bits per heavy atom. The van der Waals surface area contributed by atoms with Crippen LogP contribution in [0.4, 0.5) is 5.69 Å². The summed E-state index contributed by atoms with van der Waals surface area (Å²) < 4.78 is 3.21. The van der Waals surface area contributed by atoms with E-state index >= 15 is 0 Å². The number of nitrogens with zero attached hydrogens (tertiary/aromatic N) is 4. The van der Waals surface area contributed by atoms with Crippen LogP contribution in [0.5, 0.6) is 0 Å². The maximum atomic E-state index is 13.2. The number of rotatable bonds is 5. The highest BCUT2D eigenvalue weighted by atomic mass is 16.2. The molecule has 0 atom stereocenters. The molecule has 4 aromatic rings. The van der Waals surface area contributed by atoms with Gasteiger partial charge in [-0.2, -0.15) is 5.26 Å². The van der Waals surface area contributed by atoms with E-state index in [4.69, 9.17) is 5.26 Å². The van der Waals surface area contributed by atoms with Gasteiger partial charge in [0.1, 0.15) is 17.6 Å². The second-order valence-electron chi connectivity index (χ2n) is 7.53. The van der Waals surface area contributed by atoms with Crippen molar-refractivity contribution < 1.29 is 4.79 Å². The molecule has 2 aromatic heterocycles. The molecule has 7 heteroatoms. The number of carbonyl (C=O) groups excluding carboxylic acids is 1. The molecule has 2 aromatic carbocycles. The lowest BCUT2D eigenvalue weighted by atomic mass is 10.1. The van der Waals surface area contributed by atoms with Crippen LogP contribution in [0, 0.1) is 11.3 Å². The maximum Gasteiger partial charge on any atom is 0.278 e. The zero-order valence-corrected chi connectivity index (χ0v) is 17.2. The molecule has 0 aliphatic carbocycles. The van der Waals surface area contributed by atoms with Crippen LogP contribution < -0.4 is 10.9 Å². The van der Waals surface area contributed by atoms with E-state index in [1.807, 2.05) is 44.2 Å². The molecule has 0 saturated heterocycles. The molecule has 0 saturated carbocycles. The molecule has 0 fully saturated rings. The summed E-state index contributed by atoms with van der Waals surface area (Å²) in [5.74, 6) is -0.300. The molecule has 0 unspecified atom stereocenters. The average molecular weight is 411 g/mol. The standard InChI is InChI=1S/C24H21N5O2/c1-16(2)29-15-26-22-20(18-8-4-3-5-9-18)13-28(23(22)24(29)31)14-21(30)27-19-10-6-7-17(11-19)12-25/h3-11,13,15-16H,14H2,1-2H3,(H,27,30). The van der Waals surface area contributed by atoms with Crippen LogP contribution in [-0.4, -0.2) is 20.0 Å². The Labute approximate surface area is 179 Å². The number of benzene rings is 2. The summed E-state index contributed by atoms with van der Waals surface area (Å²) in [5, 5.41) is 11.8. The van der Waals surface area contributed by atoms with E-state index in [0.717, 1.165) is 11.1 Å². The predicted octanol–water partition coefficient (Wildman–Crippen LogP) is 3.96. The summed E-state index contributed by atoms with van der Waals surface area (Å²) in [6, 6.07) is 18.3. The largest absolute Gasteiger partial charge is 0.332 e. The van der Waals surface area contributed by atoms with Crippen LogP contribution in [0.15, 0.2) is 71.9 Å². The molecule has 0 bridgehead atoms. The van der Waals surface area contributed by atoms with Crippen LogP contribution >= 0.6 is 0 Å². The fourth-order valence-corrected chi connectivity index (χ4v) is 3.54. The van der Waals surface area contributed by atoms with Crippen LogP contribution in [0.3, 0.4) is 0 Å². The van der Waals surface area contributed by atoms with Crippen LogP contribution in [0.25, 0.3) is 22.2 Å². The van der Waals surface area contributed by atoms with E-state index < -0.39 is 0 Å². The lowest BCUT2D eigenvalue weighted by molar-refractivity contribution is -0.116. The highest BCUT2D eigenvalue weighted by Gasteiger charge is 2.18. The molecule has 2 heterocycles. The zero-order valence-electron chi connectivity index (χ0n) is 17.2. The molecule has 1 amide bonds. The first-order valence-electron chi connectivity index (χ1n) is 9.93. The fourth-order valence-electron chi connectivity index (χ4n) is 3.54. The Morgan fingerprint density at radius 1 is 1.16 bits per heavy atom. The van der Waals surface area contributed by atoms with Gasteiger partial charge in [-0.15, -0.1) is 0 Å². The molecule has 0 spiro atoms. The van der Waals surface area contributed by atoms with Crippen LogP contribution in [-0.2, 0) is 11.3 Å². The van der Waals surface area contributed by atoms with Crippen molar-refractivity contribution in [3.05, 3.63) is 83.0 Å². The number of carbonyl (C=O) groups is 1. The predicted molar refractivity (Wildman–Crippen MR) is 120 cm³/mol. The third-order valence-electron chi connectivity index (χ3n) is 5.03. The van der Waals surface area contributed by atoms with Gasteiger partial charge in [-0.3, -0.25) is 14.2 Å². The Balaban J connectivity index is 1.77. The van der Waals surface area contributed by atoms with Gasteiger partial charge in [0.05, 0.1) is 18.0 Å². The second-order valence-corrected chi connectivity index (χ2v) is 7.53. The molecule has 0 aliphatic heterocycles. The van der Waals surface area contributed by atoms with E-state index in [1.54, 1.807) is 45.9 Å². The Kier molecular flexibility index (Phi) is 5.37. The molecule has 0 radical (unpaired) electrons. The molecule has 7 nitrogen and oxygen atoms in total. The Hall–Kier alpha value is -4.18. The topological polar surface area (TPSA) is 92.7 Å². The number of amides is 1. The zero-order chi connectivity index (χ0) is 22.0. The lowest BCUT2D eigenvalue weighted by Crippen LogP contribution is -2.26. The summed E-state index contributed by atoms with van der Waals surface area (Å²) in [4.78, 5) is 30.5. The number of aromatic nitrogens is 3. The monoisotopic (exact) mass is 411 g/mol. The highest BCUT2D eigenvalue weighted by molar-refractivity contribution is 5.95. The van der Waals surface area contributed by atoms with E-state index in [0.29, 0.717) is 22.3 Å². The van der Waals surface area contributed by atoms with Crippen molar-refractivity contribution in [3.63, 3.8) is 0 Å². The van der Waals surface area contributed by atoms with Crippen molar-refractivity contribution in [2.75, 3.05) is 5.32 Å². The summed E-state index contributed by atoms with van der Waals surface area (Å²) in [5.41, 5.74) is 3.45. The van der Waals surface area contributed by atoms with Gasteiger partial charge in [-0.25, -0.2) is 4.98 Å². The molecule has 1 N–H and O–H groups in total. The van der Waals surface area contributed by atoms with Crippen molar-refractivity contribution >= 4 is 22.6 Å². The number of nitriles is 1.